The van der Waals surface area contributed by atoms with Gasteiger partial charge in [-0.25, -0.2) is 4.39 Å². The summed E-state index contributed by atoms with van der Waals surface area (Å²) in [7, 11) is 1.28. The molecule has 2 rings (SSSR count). The number of rotatable bonds is 4. The third-order valence-corrected chi connectivity index (χ3v) is 2.97. The Bertz CT molecular complexity index is 596. The number of carbonyl (C=O) groups excluding carboxylic acids is 1. The predicted octanol–water partition coefficient (Wildman–Crippen LogP) is 3.89. The zero-order valence-corrected chi connectivity index (χ0v) is 11.3. The van der Waals surface area contributed by atoms with Gasteiger partial charge in [-0.15, -0.1) is 0 Å². The largest absolute Gasteiger partial charge is 0.469 e. The predicted molar refractivity (Wildman–Crippen MR) is 73.3 cm³/mol. The molecule has 20 heavy (non-hydrogen) atoms. The maximum Gasteiger partial charge on any atom is 0.312 e. The molecular weight excluding hydrogens is 259 g/mol. The van der Waals surface area contributed by atoms with Gasteiger partial charge in [0.1, 0.15) is 17.3 Å². The molecule has 0 fully saturated rings. The Balaban J connectivity index is 2.27. The van der Waals surface area contributed by atoms with Gasteiger partial charge in [-0.3, -0.25) is 4.79 Å². The lowest BCUT2D eigenvalue weighted by Gasteiger charge is -2.13. The van der Waals surface area contributed by atoms with Crippen LogP contribution in [0.3, 0.4) is 0 Å². The van der Waals surface area contributed by atoms with E-state index in [4.69, 9.17) is 4.74 Å². The highest BCUT2D eigenvalue weighted by molar-refractivity contribution is 5.77. The molecule has 4 heteroatoms. The zero-order valence-electron chi connectivity index (χ0n) is 11.3. The molecule has 0 heterocycles. The third-order valence-electron chi connectivity index (χ3n) is 2.97. The van der Waals surface area contributed by atoms with Gasteiger partial charge in [-0.1, -0.05) is 18.2 Å². The van der Waals surface area contributed by atoms with E-state index in [0.29, 0.717) is 11.5 Å². The third kappa shape index (κ3) is 3.15. The van der Waals surface area contributed by atoms with Crippen molar-refractivity contribution in [1.29, 1.82) is 0 Å². The first-order valence-electron chi connectivity index (χ1n) is 6.22. The van der Waals surface area contributed by atoms with Gasteiger partial charge in [0.2, 0.25) is 0 Å². The molecule has 0 aliphatic carbocycles. The van der Waals surface area contributed by atoms with Crippen molar-refractivity contribution in [1.82, 2.24) is 0 Å². The molecule has 0 unspecified atom stereocenters. The topological polar surface area (TPSA) is 35.5 Å². The summed E-state index contributed by atoms with van der Waals surface area (Å²) in [6.07, 6.45) is 0. The van der Waals surface area contributed by atoms with E-state index in [2.05, 4.69) is 4.74 Å². The van der Waals surface area contributed by atoms with Gasteiger partial charge in [0.15, 0.2) is 0 Å². The molecular formula is C16H15FO3. The number of esters is 1. The molecule has 0 aliphatic heterocycles. The zero-order chi connectivity index (χ0) is 14.5. The van der Waals surface area contributed by atoms with Crippen LogP contribution in [0.2, 0.25) is 0 Å². The fraction of sp³-hybridized carbons (Fsp3) is 0.188. The maximum absolute atomic E-state index is 13.8. The lowest BCUT2D eigenvalue weighted by atomic mass is 10.0. The number of benzene rings is 2. The summed E-state index contributed by atoms with van der Waals surface area (Å²) in [4.78, 5) is 11.5. The van der Waals surface area contributed by atoms with Gasteiger partial charge < -0.3 is 9.47 Å². The van der Waals surface area contributed by atoms with E-state index in [1.165, 1.54) is 25.3 Å². The molecule has 0 spiro atoms. The van der Waals surface area contributed by atoms with Crippen molar-refractivity contribution < 1.29 is 18.7 Å². The lowest BCUT2D eigenvalue weighted by molar-refractivity contribution is -0.142. The molecule has 0 bridgehead atoms. The molecule has 2 aromatic rings. The summed E-state index contributed by atoms with van der Waals surface area (Å²) in [5, 5.41) is 0. The fourth-order valence-electron chi connectivity index (χ4n) is 1.85. The second-order valence-corrected chi connectivity index (χ2v) is 4.34. The van der Waals surface area contributed by atoms with Crippen LogP contribution < -0.4 is 4.74 Å². The molecule has 2 aromatic carbocycles. The molecule has 3 nitrogen and oxygen atoms in total. The highest BCUT2D eigenvalue weighted by Gasteiger charge is 2.20. The summed E-state index contributed by atoms with van der Waals surface area (Å²) < 4.78 is 24.0. The molecule has 0 saturated carbocycles. The van der Waals surface area contributed by atoms with Gasteiger partial charge in [0.25, 0.3) is 0 Å². The van der Waals surface area contributed by atoms with Crippen LogP contribution in [-0.2, 0) is 9.53 Å². The van der Waals surface area contributed by atoms with Crippen molar-refractivity contribution >= 4 is 5.97 Å². The minimum absolute atomic E-state index is 0.255. The molecule has 0 radical (unpaired) electrons. The highest BCUT2D eigenvalue weighted by Crippen LogP contribution is 2.28. The van der Waals surface area contributed by atoms with E-state index >= 15 is 0 Å². The number of methoxy groups -OCH3 is 1. The van der Waals surface area contributed by atoms with Crippen LogP contribution in [0.15, 0.2) is 48.5 Å². The fourth-order valence-corrected chi connectivity index (χ4v) is 1.85. The average Bonchev–Trinajstić information content (AvgIpc) is 2.48. The maximum atomic E-state index is 13.8. The monoisotopic (exact) mass is 274 g/mol. The summed E-state index contributed by atoms with van der Waals surface area (Å²) in [5.41, 5.74) is 0.255. The Kier molecular flexibility index (Phi) is 4.35. The van der Waals surface area contributed by atoms with Crippen LogP contribution >= 0.6 is 0 Å². The molecule has 0 amide bonds. The minimum Gasteiger partial charge on any atom is -0.469 e. The van der Waals surface area contributed by atoms with Crippen molar-refractivity contribution in [2.75, 3.05) is 7.11 Å². The van der Waals surface area contributed by atoms with E-state index in [-0.39, 0.29) is 5.56 Å². The number of carbonyl (C=O) groups is 1. The summed E-state index contributed by atoms with van der Waals surface area (Å²) >= 11 is 0. The van der Waals surface area contributed by atoms with E-state index in [9.17, 15) is 9.18 Å². The van der Waals surface area contributed by atoms with Crippen LogP contribution in [0, 0.1) is 5.82 Å². The number of hydrogen-bond donors (Lipinski definition) is 0. The van der Waals surface area contributed by atoms with Gasteiger partial charge in [0.05, 0.1) is 13.0 Å². The Morgan fingerprint density at radius 2 is 1.80 bits per heavy atom. The minimum atomic E-state index is -0.681. The van der Waals surface area contributed by atoms with Gasteiger partial charge in [0, 0.05) is 5.56 Å². The van der Waals surface area contributed by atoms with Crippen LogP contribution in [0.4, 0.5) is 4.39 Å². The second kappa shape index (κ2) is 6.19. The van der Waals surface area contributed by atoms with Crippen molar-refractivity contribution in [2.45, 2.75) is 12.8 Å². The first kappa shape index (κ1) is 14.1. The smallest absolute Gasteiger partial charge is 0.312 e. The van der Waals surface area contributed by atoms with Crippen LogP contribution in [-0.4, -0.2) is 13.1 Å². The Labute approximate surface area is 117 Å². The van der Waals surface area contributed by atoms with Crippen LogP contribution in [0.5, 0.6) is 11.5 Å². The Morgan fingerprint density at radius 3 is 2.45 bits per heavy atom. The molecule has 1 atom stereocenters. The van der Waals surface area contributed by atoms with Gasteiger partial charge in [-0.2, -0.15) is 0 Å². The summed E-state index contributed by atoms with van der Waals surface area (Å²) in [6.45, 7) is 1.59. The highest BCUT2D eigenvalue weighted by atomic mass is 19.1. The SMILES string of the molecule is COC(=O)[C@H](C)c1cc(Oc2ccccc2)ccc1F. The standard InChI is InChI=1S/C16H15FO3/c1-11(16(18)19-2)14-10-13(8-9-15(14)17)20-12-6-4-3-5-7-12/h3-11H,1-2H3/t11-/m1/s1. The van der Waals surface area contributed by atoms with E-state index < -0.39 is 17.7 Å². The molecule has 0 aromatic heterocycles. The van der Waals surface area contributed by atoms with Crippen molar-refractivity contribution in [2.24, 2.45) is 0 Å². The normalized spacial score (nSPS) is 11.8. The molecule has 104 valence electrons. The first-order valence-corrected chi connectivity index (χ1v) is 6.22. The Morgan fingerprint density at radius 1 is 1.10 bits per heavy atom. The quantitative estimate of drug-likeness (QED) is 0.793. The number of halogens is 1. The van der Waals surface area contributed by atoms with Gasteiger partial charge >= 0.3 is 5.97 Å². The summed E-state index contributed by atoms with van der Waals surface area (Å²) in [6, 6.07) is 13.5. The first-order chi connectivity index (χ1) is 9.61. The Hall–Kier alpha value is -2.36. The van der Waals surface area contributed by atoms with Crippen LogP contribution in [0.1, 0.15) is 18.4 Å². The van der Waals surface area contributed by atoms with Gasteiger partial charge in [-0.05, 0) is 37.3 Å². The van der Waals surface area contributed by atoms with Crippen molar-refractivity contribution in [3.05, 3.63) is 59.9 Å². The second-order valence-electron chi connectivity index (χ2n) is 4.34. The lowest BCUT2D eigenvalue weighted by Crippen LogP contribution is -2.12. The molecule has 0 saturated heterocycles. The number of ether oxygens (including phenoxy) is 2. The number of para-hydroxylation sites is 1. The molecule has 0 N–H and O–H groups in total. The number of hydrogen-bond acceptors (Lipinski definition) is 3. The van der Waals surface area contributed by atoms with Crippen molar-refractivity contribution in [3.8, 4) is 11.5 Å². The van der Waals surface area contributed by atoms with Crippen molar-refractivity contribution in [3.63, 3.8) is 0 Å². The van der Waals surface area contributed by atoms with E-state index in [1.54, 1.807) is 19.1 Å². The van der Waals surface area contributed by atoms with E-state index in [0.717, 1.165) is 0 Å². The summed E-state index contributed by atoms with van der Waals surface area (Å²) in [5.74, 6) is -0.498. The van der Waals surface area contributed by atoms with Crippen LogP contribution in [0.25, 0.3) is 0 Å². The van der Waals surface area contributed by atoms with E-state index in [1.807, 2.05) is 18.2 Å². The average molecular weight is 274 g/mol. The molecule has 0 aliphatic rings.